The first-order valence-corrected chi connectivity index (χ1v) is 6.69. The molecule has 0 bridgehead atoms. The van der Waals surface area contributed by atoms with Gasteiger partial charge in [0.25, 0.3) is 0 Å². The van der Waals surface area contributed by atoms with Crippen molar-refractivity contribution in [2.24, 2.45) is 5.92 Å². The minimum Gasteiger partial charge on any atom is -0.389 e. The Balaban J connectivity index is 4.23. The van der Waals surface area contributed by atoms with Crippen molar-refractivity contribution < 1.29 is 9.90 Å². The van der Waals surface area contributed by atoms with Gasteiger partial charge in [0.05, 0.1) is 12.1 Å². The minimum absolute atomic E-state index is 0.106. The van der Waals surface area contributed by atoms with E-state index in [2.05, 4.69) is 20.8 Å². The van der Waals surface area contributed by atoms with Crippen LogP contribution in [-0.4, -0.2) is 59.6 Å². The molecule has 0 saturated heterocycles. The molecule has 4 nitrogen and oxygen atoms in total. The molecule has 0 aromatic carbocycles. The second-order valence-electron chi connectivity index (χ2n) is 6.47. The van der Waals surface area contributed by atoms with E-state index >= 15 is 0 Å². The second-order valence-corrected chi connectivity index (χ2v) is 6.47. The number of rotatable bonds is 7. The van der Waals surface area contributed by atoms with E-state index in [4.69, 9.17) is 0 Å². The third-order valence-electron chi connectivity index (χ3n) is 2.93. The number of amides is 1. The van der Waals surface area contributed by atoms with E-state index in [0.717, 1.165) is 6.42 Å². The van der Waals surface area contributed by atoms with Crippen LogP contribution in [0.5, 0.6) is 0 Å². The number of hydrogen-bond donors (Lipinski definition) is 1. The molecular formula is C14H30N2O2. The standard InChI is InChI=1S/C14H30N2O2/c1-11(2)8-12(3)16(7)13(17)9-15(6)10-14(4,5)18/h11-12,18H,8-10H2,1-7H3. The van der Waals surface area contributed by atoms with Crippen LogP contribution in [0.3, 0.4) is 0 Å². The van der Waals surface area contributed by atoms with Gasteiger partial charge >= 0.3 is 0 Å². The lowest BCUT2D eigenvalue weighted by Crippen LogP contribution is -2.45. The molecule has 0 aromatic heterocycles. The Morgan fingerprint density at radius 1 is 1.22 bits per heavy atom. The highest BCUT2D eigenvalue weighted by molar-refractivity contribution is 5.78. The molecule has 1 N–H and O–H groups in total. The molecule has 0 spiro atoms. The molecule has 0 fully saturated rings. The first kappa shape index (κ1) is 17.4. The second kappa shape index (κ2) is 7.10. The average molecular weight is 258 g/mol. The van der Waals surface area contributed by atoms with E-state index in [-0.39, 0.29) is 11.9 Å². The van der Waals surface area contributed by atoms with Gasteiger partial charge in [0, 0.05) is 19.6 Å². The lowest BCUT2D eigenvalue weighted by Gasteiger charge is -2.30. The van der Waals surface area contributed by atoms with Crippen molar-refractivity contribution in [3.8, 4) is 0 Å². The summed E-state index contributed by atoms with van der Waals surface area (Å²) in [5, 5.41) is 9.70. The Morgan fingerprint density at radius 2 is 1.72 bits per heavy atom. The van der Waals surface area contributed by atoms with Crippen molar-refractivity contribution in [2.45, 2.75) is 52.7 Å². The molecule has 4 heteroatoms. The first-order valence-electron chi connectivity index (χ1n) is 6.69. The van der Waals surface area contributed by atoms with E-state index in [1.165, 1.54) is 0 Å². The van der Waals surface area contributed by atoms with Crippen LogP contribution < -0.4 is 0 Å². The lowest BCUT2D eigenvalue weighted by atomic mass is 10.0. The van der Waals surface area contributed by atoms with E-state index < -0.39 is 5.60 Å². The van der Waals surface area contributed by atoms with Crippen LogP contribution in [0.1, 0.15) is 41.0 Å². The molecule has 0 aromatic rings. The highest BCUT2D eigenvalue weighted by atomic mass is 16.3. The maximum Gasteiger partial charge on any atom is 0.236 e. The normalized spacial score (nSPS) is 14.1. The molecule has 0 saturated carbocycles. The summed E-state index contributed by atoms with van der Waals surface area (Å²) < 4.78 is 0. The van der Waals surface area contributed by atoms with Crippen molar-refractivity contribution in [3.05, 3.63) is 0 Å². The number of likely N-dealkylation sites (N-methyl/N-ethyl adjacent to an activating group) is 2. The van der Waals surface area contributed by atoms with Crippen molar-refractivity contribution in [1.29, 1.82) is 0 Å². The molecule has 0 heterocycles. The first-order chi connectivity index (χ1) is 8.03. The van der Waals surface area contributed by atoms with Gasteiger partial charge in [-0.15, -0.1) is 0 Å². The zero-order chi connectivity index (χ0) is 14.5. The monoisotopic (exact) mass is 258 g/mol. The van der Waals surface area contributed by atoms with Gasteiger partial charge in [-0.2, -0.15) is 0 Å². The molecule has 1 atom stereocenters. The van der Waals surface area contributed by atoms with E-state index in [1.807, 2.05) is 19.0 Å². The van der Waals surface area contributed by atoms with Crippen LogP contribution in [0, 0.1) is 5.92 Å². The largest absolute Gasteiger partial charge is 0.389 e. The van der Waals surface area contributed by atoms with Crippen molar-refractivity contribution >= 4 is 5.91 Å². The minimum atomic E-state index is -0.767. The Labute approximate surface area is 112 Å². The maximum absolute atomic E-state index is 12.1. The topological polar surface area (TPSA) is 43.8 Å². The van der Waals surface area contributed by atoms with Crippen molar-refractivity contribution in [3.63, 3.8) is 0 Å². The van der Waals surface area contributed by atoms with Crippen LogP contribution in [0.25, 0.3) is 0 Å². The molecule has 1 amide bonds. The predicted octanol–water partition coefficient (Wildman–Crippen LogP) is 1.58. The highest BCUT2D eigenvalue weighted by Gasteiger charge is 2.21. The SMILES string of the molecule is CC(C)CC(C)N(C)C(=O)CN(C)CC(C)(C)O. The molecule has 0 radical (unpaired) electrons. The summed E-state index contributed by atoms with van der Waals surface area (Å²) in [6.45, 7) is 10.7. The van der Waals surface area contributed by atoms with Crippen LogP contribution in [-0.2, 0) is 4.79 Å². The number of carbonyl (C=O) groups excluding carboxylic acids is 1. The van der Waals surface area contributed by atoms with Gasteiger partial charge in [0.2, 0.25) is 5.91 Å². The quantitative estimate of drug-likeness (QED) is 0.754. The summed E-state index contributed by atoms with van der Waals surface area (Å²) in [5.41, 5.74) is -0.767. The van der Waals surface area contributed by atoms with Crippen molar-refractivity contribution in [1.82, 2.24) is 9.80 Å². The Morgan fingerprint density at radius 3 is 2.11 bits per heavy atom. The third-order valence-corrected chi connectivity index (χ3v) is 2.93. The van der Waals surface area contributed by atoms with Gasteiger partial charge < -0.3 is 10.0 Å². The Kier molecular flexibility index (Phi) is 6.86. The summed E-state index contributed by atoms with van der Waals surface area (Å²) >= 11 is 0. The predicted molar refractivity (Wildman–Crippen MR) is 75.5 cm³/mol. The van der Waals surface area contributed by atoms with Gasteiger partial charge in [-0.3, -0.25) is 9.69 Å². The van der Waals surface area contributed by atoms with Crippen LogP contribution in [0.4, 0.5) is 0 Å². The van der Waals surface area contributed by atoms with Gasteiger partial charge in [-0.1, -0.05) is 13.8 Å². The van der Waals surface area contributed by atoms with Gasteiger partial charge in [0.1, 0.15) is 0 Å². The number of nitrogens with zero attached hydrogens (tertiary/aromatic N) is 2. The third kappa shape index (κ3) is 7.67. The highest BCUT2D eigenvalue weighted by Crippen LogP contribution is 2.10. The molecule has 0 aliphatic heterocycles. The molecular weight excluding hydrogens is 228 g/mol. The van der Waals surface area contributed by atoms with Crippen LogP contribution in [0.15, 0.2) is 0 Å². The molecule has 108 valence electrons. The smallest absolute Gasteiger partial charge is 0.236 e. The summed E-state index contributed by atoms with van der Waals surface area (Å²) in [6.07, 6.45) is 1.01. The van der Waals surface area contributed by atoms with E-state index in [9.17, 15) is 9.90 Å². The molecule has 1 unspecified atom stereocenters. The fourth-order valence-electron chi connectivity index (χ4n) is 2.15. The molecule has 0 aliphatic rings. The molecule has 0 aliphatic carbocycles. The summed E-state index contributed by atoms with van der Waals surface area (Å²) in [7, 11) is 3.71. The number of aliphatic hydroxyl groups is 1. The van der Waals surface area contributed by atoms with Crippen LogP contribution in [0.2, 0.25) is 0 Å². The molecule has 18 heavy (non-hydrogen) atoms. The van der Waals surface area contributed by atoms with Crippen molar-refractivity contribution in [2.75, 3.05) is 27.2 Å². The fraction of sp³-hybridized carbons (Fsp3) is 0.929. The van der Waals surface area contributed by atoms with Gasteiger partial charge in [0.15, 0.2) is 0 Å². The summed E-state index contributed by atoms with van der Waals surface area (Å²) in [6, 6.07) is 0.257. The van der Waals surface area contributed by atoms with E-state index in [1.54, 1.807) is 18.7 Å². The fourth-order valence-corrected chi connectivity index (χ4v) is 2.15. The summed E-state index contributed by atoms with van der Waals surface area (Å²) in [4.78, 5) is 15.7. The maximum atomic E-state index is 12.1. The molecule has 0 rings (SSSR count). The number of carbonyl (C=O) groups is 1. The Bertz CT molecular complexity index is 259. The van der Waals surface area contributed by atoms with Crippen LogP contribution >= 0.6 is 0 Å². The van der Waals surface area contributed by atoms with E-state index in [0.29, 0.717) is 19.0 Å². The van der Waals surface area contributed by atoms with Gasteiger partial charge in [-0.05, 0) is 40.2 Å². The summed E-state index contributed by atoms with van der Waals surface area (Å²) in [5.74, 6) is 0.694. The number of hydrogen-bond acceptors (Lipinski definition) is 3. The van der Waals surface area contributed by atoms with Gasteiger partial charge in [-0.25, -0.2) is 0 Å². The zero-order valence-electron chi connectivity index (χ0n) is 13.0. The Hall–Kier alpha value is -0.610. The zero-order valence-corrected chi connectivity index (χ0v) is 13.0. The average Bonchev–Trinajstić information content (AvgIpc) is 2.11. The lowest BCUT2D eigenvalue weighted by molar-refractivity contribution is -0.133.